The highest BCUT2D eigenvalue weighted by atomic mass is 79.9. The molecule has 1 unspecified atom stereocenters. The van der Waals surface area contributed by atoms with Crippen molar-refractivity contribution in [2.75, 3.05) is 5.33 Å². The van der Waals surface area contributed by atoms with Crippen LogP contribution in [0.25, 0.3) is 0 Å². The van der Waals surface area contributed by atoms with Gasteiger partial charge in [0.2, 0.25) is 0 Å². The van der Waals surface area contributed by atoms with Crippen molar-refractivity contribution in [1.82, 2.24) is 0 Å². The molecule has 0 fully saturated rings. The number of alkyl halides is 1. The normalized spacial score (nSPS) is 12.5. The number of ether oxygens (including phenoxy) is 1. The molecule has 3 heteroatoms. The molecule has 1 atom stereocenters. The van der Waals surface area contributed by atoms with E-state index >= 15 is 0 Å². The second kappa shape index (κ2) is 5.22. The first-order valence-electron chi connectivity index (χ1n) is 4.20. The molecule has 0 saturated carbocycles. The molecule has 1 aromatic carbocycles. The quantitative estimate of drug-likeness (QED) is 0.741. The minimum Gasteiger partial charge on any atom is -0.491 e. The van der Waals surface area contributed by atoms with Crippen molar-refractivity contribution in [1.29, 1.82) is 0 Å². The number of rotatable bonds is 4. The van der Waals surface area contributed by atoms with Crippen molar-refractivity contribution in [2.45, 2.75) is 19.4 Å². The Hall–Kier alpha value is -0.570. The number of hydrogen-bond donors (Lipinski definition) is 0. The van der Waals surface area contributed by atoms with Crippen LogP contribution in [0.3, 0.4) is 0 Å². The number of hydrogen-bond acceptors (Lipinski definition) is 1. The molecule has 0 aliphatic rings. The summed E-state index contributed by atoms with van der Waals surface area (Å²) in [7, 11) is 0. The molecule has 0 aliphatic carbocycles. The van der Waals surface area contributed by atoms with Crippen molar-refractivity contribution in [3.63, 3.8) is 0 Å². The second-order valence-corrected chi connectivity index (χ2v) is 3.66. The Morgan fingerprint density at radius 3 is 2.92 bits per heavy atom. The molecule has 0 radical (unpaired) electrons. The van der Waals surface area contributed by atoms with Crippen LogP contribution in [-0.2, 0) is 0 Å². The SMILES string of the molecule is CC(CCBr)Oc1cccc(F)c1. The third kappa shape index (κ3) is 3.77. The predicted octanol–water partition coefficient (Wildman–Crippen LogP) is 3.38. The lowest BCUT2D eigenvalue weighted by molar-refractivity contribution is 0.218. The van der Waals surface area contributed by atoms with Crippen LogP contribution < -0.4 is 4.74 Å². The molecule has 0 N–H and O–H groups in total. The molecule has 72 valence electrons. The molecule has 0 bridgehead atoms. The molecule has 0 amide bonds. The second-order valence-electron chi connectivity index (χ2n) is 2.86. The molecule has 0 saturated heterocycles. The molecule has 0 spiro atoms. The Labute approximate surface area is 86.0 Å². The van der Waals surface area contributed by atoms with Gasteiger partial charge in [0.1, 0.15) is 11.6 Å². The van der Waals surface area contributed by atoms with E-state index in [1.54, 1.807) is 12.1 Å². The van der Waals surface area contributed by atoms with Gasteiger partial charge in [0.25, 0.3) is 0 Å². The van der Waals surface area contributed by atoms with Crippen molar-refractivity contribution in [3.8, 4) is 5.75 Å². The van der Waals surface area contributed by atoms with Crippen LogP contribution in [0.15, 0.2) is 24.3 Å². The van der Waals surface area contributed by atoms with Gasteiger partial charge in [0, 0.05) is 11.4 Å². The predicted molar refractivity (Wildman–Crippen MR) is 54.9 cm³/mol. The van der Waals surface area contributed by atoms with Crippen molar-refractivity contribution in [3.05, 3.63) is 30.1 Å². The van der Waals surface area contributed by atoms with Gasteiger partial charge in [-0.1, -0.05) is 22.0 Å². The van der Waals surface area contributed by atoms with Crippen molar-refractivity contribution >= 4 is 15.9 Å². The van der Waals surface area contributed by atoms with Gasteiger partial charge < -0.3 is 4.74 Å². The summed E-state index contributed by atoms with van der Waals surface area (Å²) in [6, 6.07) is 6.20. The molecule has 1 nitrogen and oxygen atoms in total. The van der Waals surface area contributed by atoms with Gasteiger partial charge in [0.15, 0.2) is 0 Å². The highest BCUT2D eigenvalue weighted by Crippen LogP contribution is 2.14. The maximum absolute atomic E-state index is 12.7. The summed E-state index contributed by atoms with van der Waals surface area (Å²) in [5.74, 6) is 0.331. The number of benzene rings is 1. The standard InChI is InChI=1S/C10H12BrFO/c1-8(5-6-11)13-10-4-2-3-9(12)7-10/h2-4,7-8H,5-6H2,1H3. The van der Waals surface area contributed by atoms with Crippen LogP contribution in [0.5, 0.6) is 5.75 Å². The molecule has 0 aromatic heterocycles. The fourth-order valence-corrected chi connectivity index (χ4v) is 1.63. The zero-order valence-corrected chi connectivity index (χ0v) is 9.05. The molecule has 13 heavy (non-hydrogen) atoms. The summed E-state index contributed by atoms with van der Waals surface area (Å²) in [4.78, 5) is 0. The molecule has 0 heterocycles. The number of halogens is 2. The lowest BCUT2D eigenvalue weighted by Gasteiger charge is -2.12. The summed E-state index contributed by atoms with van der Waals surface area (Å²) in [6.45, 7) is 1.96. The lowest BCUT2D eigenvalue weighted by atomic mass is 10.3. The largest absolute Gasteiger partial charge is 0.491 e. The van der Waals surface area contributed by atoms with E-state index in [1.807, 2.05) is 6.92 Å². The Balaban J connectivity index is 2.53. The van der Waals surface area contributed by atoms with Gasteiger partial charge in [-0.3, -0.25) is 0 Å². The minimum atomic E-state index is -0.261. The third-order valence-corrected chi connectivity index (χ3v) is 2.11. The molecule has 0 aliphatic heterocycles. The average Bonchev–Trinajstić information content (AvgIpc) is 2.04. The highest BCUT2D eigenvalue weighted by molar-refractivity contribution is 9.09. The Kier molecular flexibility index (Phi) is 4.22. The fraction of sp³-hybridized carbons (Fsp3) is 0.400. The lowest BCUT2D eigenvalue weighted by Crippen LogP contribution is -2.11. The van der Waals surface area contributed by atoms with E-state index in [9.17, 15) is 4.39 Å². The smallest absolute Gasteiger partial charge is 0.126 e. The molecule has 1 aromatic rings. The van der Waals surface area contributed by atoms with Gasteiger partial charge in [-0.25, -0.2) is 4.39 Å². The first-order valence-corrected chi connectivity index (χ1v) is 5.32. The van der Waals surface area contributed by atoms with Gasteiger partial charge in [-0.2, -0.15) is 0 Å². The third-order valence-electron chi connectivity index (χ3n) is 1.65. The van der Waals surface area contributed by atoms with Crippen LogP contribution in [0.2, 0.25) is 0 Å². The van der Waals surface area contributed by atoms with E-state index in [4.69, 9.17) is 4.74 Å². The van der Waals surface area contributed by atoms with Crippen LogP contribution in [0, 0.1) is 5.82 Å². The van der Waals surface area contributed by atoms with E-state index in [2.05, 4.69) is 15.9 Å². The van der Waals surface area contributed by atoms with Gasteiger partial charge in [-0.15, -0.1) is 0 Å². The summed E-state index contributed by atoms with van der Waals surface area (Å²) in [6.07, 6.45) is 1.03. The van der Waals surface area contributed by atoms with E-state index in [0.29, 0.717) is 5.75 Å². The summed E-state index contributed by atoms with van der Waals surface area (Å²) < 4.78 is 18.2. The highest BCUT2D eigenvalue weighted by Gasteiger charge is 2.02. The Bertz CT molecular complexity index is 265. The summed E-state index contributed by atoms with van der Waals surface area (Å²) in [5.41, 5.74) is 0. The van der Waals surface area contributed by atoms with E-state index in [-0.39, 0.29) is 11.9 Å². The maximum atomic E-state index is 12.7. The van der Waals surface area contributed by atoms with Crippen molar-refractivity contribution in [2.24, 2.45) is 0 Å². The fourth-order valence-electron chi connectivity index (χ4n) is 0.985. The maximum Gasteiger partial charge on any atom is 0.126 e. The van der Waals surface area contributed by atoms with Gasteiger partial charge in [0.05, 0.1) is 6.10 Å². The van der Waals surface area contributed by atoms with Crippen molar-refractivity contribution < 1.29 is 9.13 Å². The summed E-state index contributed by atoms with van der Waals surface area (Å²) >= 11 is 3.32. The Morgan fingerprint density at radius 2 is 2.31 bits per heavy atom. The van der Waals surface area contributed by atoms with Crippen LogP contribution in [-0.4, -0.2) is 11.4 Å². The van der Waals surface area contributed by atoms with Crippen LogP contribution in [0.1, 0.15) is 13.3 Å². The topological polar surface area (TPSA) is 9.23 Å². The first-order chi connectivity index (χ1) is 6.22. The monoisotopic (exact) mass is 246 g/mol. The molecular formula is C10H12BrFO. The summed E-state index contributed by atoms with van der Waals surface area (Å²) in [5, 5.41) is 0.892. The average molecular weight is 247 g/mol. The Morgan fingerprint density at radius 1 is 1.54 bits per heavy atom. The van der Waals surface area contributed by atoms with Crippen LogP contribution in [0.4, 0.5) is 4.39 Å². The first kappa shape index (κ1) is 10.5. The molecule has 1 rings (SSSR count). The minimum absolute atomic E-state index is 0.112. The van der Waals surface area contributed by atoms with E-state index < -0.39 is 0 Å². The van der Waals surface area contributed by atoms with Crippen LogP contribution >= 0.6 is 15.9 Å². The zero-order valence-electron chi connectivity index (χ0n) is 7.47. The van der Waals surface area contributed by atoms with E-state index in [0.717, 1.165) is 11.8 Å². The zero-order chi connectivity index (χ0) is 9.68. The molecular weight excluding hydrogens is 235 g/mol. The van der Waals surface area contributed by atoms with Gasteiger partial charge >= 0.3 is 0 Å². The van der Waals surface area contributed by atoms with Gasteiger partial charge in [-0.05, 0) is 25.5 Å². The van der Waals surface area contributed by atoms with E-state index in [1.165, 1.54) is 12.1 Å².